The van der Waals surface area contributed by atoms with Crippen LogP contribution in [0.5, 0.6) is 0 Å². The summed E-state index contributed by atoms with van der Waals surface area (Å²) in [5.74, 6) is 0.853. The van der Waals surface area contributed by atoms with Crippen LogP contribution in [0.25, 0.3) is 11.0 Å². The highest BCUT2D eigenvalue weighted by Gasteiger charge is 2.31. The van der Waals surface area contributed by atoms with Gasteiger partial charge in [0.05, 0.1) is 17.1 Å². The molecule has 0 saturated carbocycles. The molecule has 3 aromatic rings. The number of piperidine rings is 1. The number of imidazole rings is 1. The Morgan fingerprint density at radius 3 is 2.83 bits per heavy atom. The van der Waals surface area contributed by atoms with Crippen LogP contribution in [-0.2, 0) is 0 Å². The summed E-state index contributed by atoms with van der Waals surface area (Å²) in [6, 6.07) is 13.4. The molecule has 4 rings (SSSR count). The number of likely N-dealkylation sites (tertiary alicyclic amines) is 1. The van der Waals surface area contributed by atoms with Crippen molar-refractivity contribution in [3.8, 4) is 0 Å². The van der Waals surface area contributed by atoms with Crippen molar-refractivity contribution in [1.82, 2.24) is 19.9 Å². The van der Waals surface area contributed by atoms with Crippen molar-refractivity contribution < 1.29 is 4.79 Å². The van der Waals surface area contributed by atoms with Crippen LogP contribution in [0.3, 0.4) is 0 Å². The molecule has 5 heteroatoms. The Bertz CT molecular complexity index is 794. The van der Waals surface area contributed by atoms with E-state index in [4.69, 9.17) is 4.98 Å². The Balaban J connectivity index is 1.69. The van der Waals surface area contributed by atoms with E-state index in [1.165, 1.54) is 0 Å². The van der Waals surface area contributed by atoms with Gasteiger partial charge < -0.3 is 9.88 Å². The van der Waals surface area contributed by atoms with E-state index in [-0.39, 0.29) is 11.9 Å². The van der Waals surface area contributed by atoms with Crippen LogP contribution in [0.4, 0.5) is 0 Å². The van der Waals surface area contributed by atoms with Gasteiger partial charge in [0.15, 0.2) is 0 Å². The molecular formula is C18H18N4O. The number of benzene rings is 1. The Hall–Kier alpha value is -2.69. The average Bonchev–Trinajstić information content (AvgIpc) is 3.06. The van der Waals surface area contributed by atoms with Crippen LogP contribution in [0.1, 0.15) is 41.6 Å². The predicted molar refractivity (Wildman–Crippen MR) is 88.0 cm³/mol. The molecule has 1 fully saturated rings. The zero-order valence-corrected chi connectivity index (χ0v) is 12.8. The lowest BCUT2D eigenvalue weighted by molar-refractivity contribution is 0.0595. The van der Waals surface area contributed by atoms with Gasteiger partial charge in [-0.2, -0.15) is 0 Å². The van der Waals surface area contributed by atoms with E-state index in [1.807, 2.05) is 41.3 Å². The number of nitrogens with zero attached hydrogens (tertiary/aromatic N) is 3. The second kappa shape index (κ2) is 5.83. The maximum atomic E-state index is 12.8. The van der Waals surface area contributed by atoms with Crippen molar-refractivity contribution in [2.45, 2.75) is 25.3 Å². The van der Waals surface area contributed by atoms with Gasteiger partial charge in [0.25, 0.3) is 5.91 Å². The number of nitrogens with one attached hydrogen (secondary N) is 1. The fraction of sp³-hybridized carbons (Fsp3) is 0.278. The number of hydrogen-bond donors (Lipinski definition) is 1. The number of fused-ring (bicyclic) bond motifs is 1. The average molecular weight is 306 g/mol. The number of pyridine rings is 1. The van der Waals surface area contributed by atoms with Crippen molar-refractivity contribution in [2.24, 2.45) is 0 Å². The van der Waals surface area contributed by atoms with Gasteiger partial charge in [-0.3, -0.25) is 9.78 Å². The van der Waals surface area contributed by atoms with E-state index in [2.05, 4.69) is 9.97 Å². The lowest BCUT2D eigenvalue weighted by Crippen LogP contribution is -2.39. The number of H-pyrrole nitrogens is 1. The molecule has 1 N–H and O–H groups in total. The van der Waals surface area contributed by atoms with Crippen LogP contribution in [0.2, 0.25) is 0 Å². The summed E-state index contributed by atoms with van der Waals surface area (Å²) in [5, 5.41) is 0. The number of hydrogen-bond acceptors (Lipinski definition) is 3. The standard InChI is InChI=1S/C18H18N4O/c23-18(15-9-3-5-11-19-15)22-12-6-4-10-16(22)17-20-13-7-1-2-8-14(13)21-17/h1-3,5,7-9,11,16H,4,6,10,12H2,(H,20,21)/t16-/m1/s1. The van der Waals surface area contributed by atoms with Crippen LogP contribution in [-0.4, -0.2) is 32.3 Å². The molecule has 0 bridgehead atoms. The van der Waals surface area contributed by atoms with Gasteiger partial charge in [0.1, 0.15) is 11.5 Å². The smallest absolute Gasteiger partial charge is 0.273 e. The van der Waals surface area contributed by atoms with Crippen LogP contribution in [0.15, 0.2) is 48.7 Å². The van der Waals surface area contributed by atoms with Crippen molar-refractivity contribution in [2.75, 3.05) is 6.54 Å². The monoisotopic (exact) mass is 306 g/mol. The quantitative estimate of drug-likeness (QED) is 0.790. The second-order valence-corrected chi connectivity index (χ2v) is 5.86. The summed E-state index contributed by atoms with van der Waals surface area (Å²) in [4.78, 5) is 27.0. The maximum Gasteiger partial charge on any atom is 0.273 e. The maximum absolute atomic E-state index is 12.8. The van der Waals surface area contributed by atoms with Crippen LogP contribution in [0, 0.1) is 0 Å². The molecule has 5 nitrogen and oxygen atoms in total. The van der Waals surface area contributed by atoms with Gasteiger partial charge in [-0.25, -0.2) is 4.98 Å². The van der Waals surface area contributed by atoms with Crippen molar-refractivity contribution >= 4 is 16.9 Å². The fourth-order valence-corrected chi connectivity index (χ4v) is 3.23. The lowest BCUT2D eigenvalue weighted by Gasteiger charge is -2.34. The molecule has 0 radical (unpaired) electrons. The molecule has 1 atom stereocenters. The third-order valence-electron chi connectivity index (χ3n) is 4.37. The lowest BCUT2D eigenvalue weighted by atomic mass is 10.0. The normalized spacial score (nSPS) is 18.3. The van der Waals surface area contributed by atoms with Gasteiger partial charge in [-0.1, -0.05) is 18.2 Å². The summed E-state index contributed by atoms with van der Waals surface area (Å²) >= 11 is 0. The molecule has 1 saturated heterocycles. The summed E-state index contributed by atoms with van der Waals surface area (Å²) < 4.78 is 0. The van der Waals surface area contributed by atoms with Gasteiger partial charge in [0.2, 0.25) is 0 Å². The summed E-state index contributed by atoms with van der Waals surface area (Å²) in [5.41, 5.74) is 2.45. The van der Waals surface area contributed by atoms with Gasteiger partial charge >= 0.3 is 0 Å². The van der Waals surface area contributed by atoms with E-state index in [9.17, 15) is 4.79 Å². The van der Waals surface area contributed by atoms with Crippen molar-refractivity contribution in [3.63, 3.8) is 0 Å². The number of aromatic nitrogens is 3. The third-order valence-corrected chi connectivity index (χ3v) is 4.37. The number of rotatable bonds is 2. The molecular weight excluding hydrogens is 288 g/mol. The zero-order chi connectivity index (χ0) is 15.6. The Morgan fingerprint density at radius 1 is 1.13 bits per heavy atom. The largest absolute Gasteiger partial charge is 0.340 e. The minimum absolute atomic E-state index is 0.00865. The molecule has 116 valence electrons. The minimum Gasteiger partial charge on any atom is -0.340 e. The number of amides is 1. The zero-order valence-electron chi connectivity index (χ0n) is 12.8. The molecule has 3 heterocycles. The van der Waals surface area contributed by atoms with Crippen LogP contribution < -0.4 is 0 Å². The minimum atomic E-state index is -0.0178. The number of para-hydroxylation sites is 2. The molecule has 23 heavy (non-hydrogen) atoms. The van der Waals surface area contributed by atoms with E-state index in [0.29, 0.717) is 5.69 Å². The highest BCUT2D eigenvalue weighted by molar-refractivity contribution is 5.92. The van der Waals surface area contributed by atoms with E-state index in [0.717, 1.165) is 42.7 Å². The van der Waals surface area contributed by atoms with E-state index >= 15 is 0 Å². The number of aromatic amines is 1. The Morgan fingerprint density at radius 2 is 2.00 bits per heavy atom. The predicted octanol–water partition coefficient (Wildman–Crippen LogP) is 3.33. The molecule has 1 aliphatic heterocycles. The summed E-state index contributed by atoms with van der Waals surface area (Å²) in [6.07, 6.45) is 4.72. The third kappa shape index (κ3) is 2.59. The Kier molecular flexibility index (Phi) is 3.54. The van der Waals surface area contributed by atoms with E-state index < -0.39 is 0 Å². The molecule has 1 aromatic carbocycles. The van der Waals surface area contributed by atoms with Gasteiger partial charge in [0, 0.05) is 12.7 Å². The first kappa shape index (κ1) is 13.9. The fourth-order valence-electron chi connectivity index (χ4n) is 3.23. The number of carbonyl (C=O) groups is 1. The summed E-state index contributed by atoms with van der Waals surface area (Å²) in [7, 11) is 0. The molecule has 2 aromatic heterocycles. The molecule has 0 unspecified atom stereocenters. The molecule has 0 aliphatic carbocycles. The first-order chi connectivity index (χ1) is 11.3. The van der Waals surface area contributed by atoms with Crippen LogP contribution >= 0.6 is 0 Å². The highest BCUT2D eigenvalue weighted by atomic mass is 16.2. The topological polar surface area (TPSA) is 61.9 Å². The summed E-state index contributed by atoms with van der Waals surface area (Å²) in [6.45, 7) is 0.747. The van der Waals surface area contributed by atoms with Crippen molar-refractivity contribution in [1.29, 1.82) is 0 Å². The SMILES string of the molecule is O=C(c1ccccn1)N1CCCC[C@@H]1c1nc2ccccc2[nH]1. The van der Waals surface area contributed by atoms with Crippen molar-refractivity contribution in [3.05, 3.63) is 60.2 Å². The second-order valence-electron chi connectivity index (χ2n) is 5.86. The first-order valence-electron chi connectivity index (χ1n) is 7.99. The van der Waals surface area contributed by atoms with E-state index in [1.54, 1.807) is 12.3 Å². The molecule has 1 aliphatic rings. The van der Waals surface area contributed by atoms with Gasteiger partial charge in [-0.15, -0.1) is 0 Å². The molecule has 1 amide bonds. The Labute approximate surface area is 134 Å². The number of carbonyl (C=O) groups excluding carboxylic acids is 1. The highest BCUT2D eigenvalue weighted by Crippen LogP contribution is 2.31. The molecule has 0 spiro atoms. The first-order valence-corrected chi connectivity index (χ1v) is 7.99. The van der Waals surface area contributed by atoms with Gasteiger partial charge in [-0.05, 0) is 43.5 Å².